The fourth-order valence-electron chi connectivity index (χ4n) is 4.14. The van der Waals surface area contributed by atoms with Gasteiger partial charge in [-0.1, -0.05) is 30.3 Å². The number of hydrogen-bond donors (Lipinski definition) is 2. The van der Waals surface area contributed by atoms with Crippen LogP contribution in [-0.4, -0.2) is 69.5 Å². The maximum atomic E-state index is 12.9. The molecule has 12 nitrogen and oxygen atoms in total. The standard InChI is InChI=1S/C27H24N2O10S/c1-14(30)38-19-9-8-17(11-20(19)39-15(2)31)27(36)37-12-18-13-40-25-22(24(33)29(25)23(18)26(34)35)28-21(32)10-16-6-4-3-5-7-16/h3-9,11,22,25H,10,12-13H2,1-2H3,(H,28,32)(H,34,35)/t22-,25-/m1/s1. The molecule has 40 heavy (non-hydrogen) atoms. The monoisotopic (exact) mass is 568 g/mol. The third-order valence-electron chi connectivity index (χ3n) is 5.84. The van der Waals surface area contributed by atoms with E-state index >= 15 is 0 Å². The van der Waals surface area contributed by atoms with Crippen LogP contribution in [0, 0.1) is 0 Å². The van der Waals surface area contributed by atoms with Crippen molar-refractivity contribution in [2.75, 3.05) is 12.4 Å². The number of aliphatic carboxylic acids is 1. The molecule has 13 heteroatoms. The third-order valence-corrected chi connectivity index (χ3v) is 7.18. The van der Waals surface area contributed by atoms with Crippen molar-refractivity contribution in [3.8, 4) is 11.5 Å². The minimum atomic E-state index is -1.37. The predicted molar refractivity (Wildman–Crippen MR) is 139 cm³/mol. The number of carboxylic acid groups (broad SMARTS) is 1. The van der Waals surface area contributed by atoms with Crippen molar-refractivity contribution in [2.24, 2.45) is 0 Å². The number of nitrogens with zero attached hydrogens (tertiary/aromatic N) is 1. The van der Waals surface area contributed by atoms with Crippen LogP contribution in [0.2, 0.25) is 0 Å². The van der Waals surface area contributed by atoms with Crippen molar-refractivity contribution < 1.29 is 48.1 Å². The van der Waals surface area contributed by atoms with Gasteiger partial charge in [0.2, 0.25) is 5.91 Å². The molecule has 2 atom stereocenters. The van der Waals surface area contributed by atoms with Crippen LogP contribution in [0.4, 0.5) is 0 Å². The molecule has 0 aromatic heterocycles. The summed E-state index contributed by atoms with van der Waals surface area (Å²) < 4.78 is 15.3. The Bertz CT molecular complexity index is 1420. The number of β-lactam (4-membered cyclic amide) rings is 1. The average molecular weight is 569 g/mol. The molecule has 0 aliphatic carbocycles. The molecule has 208 valence electrons. The second-order valence-corrected chi connectivity index (χ2v) is 9.90. The predicted octanol–water partition coefficient (Wildman–Crippen LogP) is 1.68. The number of fused-ring (bicyclic) bond motifs is 1. The fourth-order valence-corrected chi connectivity index (χ4v) is 5.47. The summed E-state index contributed by atoms with van der Waals surface area (Å²) in [6, 6.07) is 11.8. The highest BCUT2D eigenvalue weighted by molar-refractivity contribution is 8.00. The Labute approximate surface area is 232 Å². The first-order chi connectivity index (χ1) is 19.0. The lowest BCUT2D eigenvalue weighted by atomic mass is 10.0. The van der Waals surface area contributed by atoms with Crippen LogP contribution in [0.25, 0.3) is 0 Å². The highest BCUT2D eigenvalue weighted by atomic mass is 32.2. The fraction of sp³-hybridized carbons (Fsp3) is 0.259. The number of ether oxygens (including phenoxy) is 3. The molecular formula is C27H24N2O10S. The van der Waals surface area contributed by atoms with Crippen LogP contribution >= 0.6 is 11.8 Å². The molecule has 0 saturated carbocycles. The lowest BCUT2D eigenvalue weighted by molar-refractivity contribution is -0.150. The molecule has 0 unspecified atom stereocenters. The molecule has 2 aromatic carbocycles. The summed E-state index contributed by atoms with van der Waals surface area (Å²) in [6.45, 7) is 1.86. The molecule has 1 saturated heterocycles. The van der Waals surface area contributed by atoms with Gasteiger partial charge in [0.15, 0.2) is 11.5 Å². The quantitative estimate of drug-likeness (QED) is 0.257. The number of nitrogens with one attached hydrogen (secondary N) is 1. The van der Waals surface area contributed by atoms with Crippen molar-refractivity contribution in [1.29, 1.82) is 0 Å². The van der Waals surface area contributed by atoms with E-state index in [1.807, 2.05) is 6.07 Å². The van der Waals surface area contributed by atoms with Gasteiger partial charge in [0.1, 0.15) is 23.7 Å². The zero-order valence-corrected chi connectivity index (χ0v) is 22.2. The molecule has 2 aromatic rings. The zero-order chi connectivity index (χ0) is 29.0. The number of amides is 2. The van der Waals surface area contributed by atoms with E-state index in [4.69, 9.17) is 14.2 Å². The number of carbonyl (C=O) groups is 6. The first-order valence-electron chi connectivity index (χ1n) is 12.0. The number of rotatable bonds is 9. The Morgan fingerprint density at radius 2 is 1.68 bits per heavy atom. The highest BCUT2D eigenvalue weighted by Gasteiger charge is 2.54. The van der Waals surface area contributed by atoms with E-state index in [0.717, 1.165) is 30.4 Å². The van der Waals surface area contributed by atoms with Crippen molar-refractivity contribution in [3.05, 3.63) is 70.9 Å². The molecular weight excluding hydrogens is 544 g/mol. The number of benzene rings is 2. The maximum absolute atomic E-state index is 12.9. The Kier molecular flexibility index (Phi) is 8.53. The number of hydrogen-bond acceptors (Lipinski definition) is 10. The second-order valence-electron chi connectivity index (χ2n) is 8.80. The summed E-state index contributed by atoms with van der Waals surface area (Å²) in [5.74, 6) is -4.67. The van der Waals surface area contributed by atoms with Crippen LogP contribution in [0.5, 0.6) is 11.5 Å². The topological polar surface area (TPSA) is 166 Å². The second kappa shape index (κ2) is 12.0. The van der Waals surface area contributed by atoms with Gasteiger partial charge in [0.25, 0.3) is 5.91 Å². The van der Waals surface area contributed by atoms with Crippen molar-refractivity contribution in [2.45, 2.75) is 31.7 Å². The SMILES string of the molecule is CC(=O)Oc1ccc(C(=O)OCC2=C(C(=O)O)N3C(=O)[C@@H](NC(=O)Cc4ccccc4)[C@H]3SC2)cc1OC(C)=O. The summed E-state index contributed by atoms with van der Waals surface area (Å²) >= 11 is 1.24. The van der Waals surface area contributed by atoms with E-state index in [2.05, 4.69) is 5.32 Å². The molecule has 2 aliphatic rings. The third kappa shape index (κ3) is 6.31. The molecule has 2 N–H and O–H groups in total. The molecule has 2 amide bonds. The van der Waals surface area contributed by atoms with Crippen molar-refractivity contribution in [1.82, 2.24) is 10.2 Å². The Balaban J connectivity index is 1.44. The molecule has 0 bridgehead atoms. The smallest absolute Gasteiger partial charge is 0.352 e. The lowest BCUT2D eigenvalue weighted by Crippen LogP contribution is -2.70. The van der Waals surface area contributed by atoms with E-state index in [0.29, 0.717) is 0 Å². The molecule has 2 aliphatic heterocycles. The van der Waals surface area contributed by atoms with Crippen LogP contribution in [0.1, 0.15) is 29.8 Å². The Morgan fingerprint density at radius 3 is 2.33 bits per heavy atom. The van der Waals surface area contributed by atoms with Crippen LogP contribution in [0.3, 0.4) is 0 Å². The van der Waals surface area contributed by atoms with Gasteiger partial charge < -0.3 is 24.6 Å². The molecule has 2 heterocycles. The van der Waals surface area contributed by atoms with Crippen LogP contribution in [0.15, 0.2) is 59.8 Å². The largest absolute Gasteiger partial charge is 0.477 e. The minimum absolute atomic E-state index is 0.0489. The van der Waals surface area contributed by atoms with Crippen LogP contribution < -0.4 is 14.8 Å². The molecule has 0 spiro atoms. The summed E-state index contributed by atoms with van der Waals surface area (Å²) in [4.78, 5) is 73.9. The van der Waals surface area contributed by atoms with E-state index in [1.165, 1.54) is 23.9 Å². The minimum Gasteiger partial charge on any atom is -0.477 e. The van der Waals surface area contributed by atoms with Gasteiger partial charge in [-0.3, -0.25) is 24.1 Å². The Hall–Kier alpha value is -4.65. The van der Waals surface area contributed by atoms with Crippen LogP contribution in [-0.2, 0) is 35.1 Å². The zero-order valence-electron chi connectivity index (χ0n) is 21.4. The van der Waals surface area contributed by atoms with Crippen molar-refractivity contribution in [3.63, 3.8) is 0 Å². The van der Waals surface area contributed by atoms with Gasteiger partial charge >= 0.3 is 23.9 Å². The summed E-state index contributed by atoms with van der Waals surface area (Å²) in [5, 5.41) is 11.9. The number of thioether (sulfide) groups is 1. The maximum Gasteiger partial charge on any atom is 0.352 e. The first-order valence-corrected chi connectivity index (χ1v) is 13.0. The number of carbonyl (C=O) groups excluding carboxylic acids is 5. The van der Waals surface area contributed by atoms with Gasteiger partial charge in [-0.25, -0.2) is 9.59 Å². The molecule has 1 fully saturated rings. The summed E-state index contributed by atoms with van der Waals surface area (Å²) in [6.07, 6.45) is 0.0753. The number of esters is 3. The summed E-state index contributed by atoms with van der Waals surface area (Å²) in [5.41, 5.74) is 0.616. The van der Waals surface area contributed by atoms with Crippen molar-refractivity contribution >= 4 is 47.5 Å². The molecule has 0 radical (unpaired) electrons. The van der Waals surface area contributed by atoms with Gasteiger partial charge in [-0.05, 0) is 23.8 Å². The van der Waals surface area contributed by atoms with E-state index in [9.17, 15) is 33.9 Å². The van der Waals surface area contributed by atoms with Gasteiger partial charge in [0.05, 0.1) is 12.0 Å². The number of carboxylic acids is 1. The first kappa shape index (κ1) is 28.4. The Morgan fingerprint density at radius 1 is 1.00 bits per heavy atom. The van der Waals surface area contributed by atoms with E-state index in [1.54, 1.807) is 24.3 Å². The molecule has 4 rings (SSSR count). The van der Waals surface area contributed by atoms with E-state index < -0.39 is 47.8 Å². The summed E-state index contributed by atoms with van der Waals surface area (Å²) in [7, 11) is 0. The highest BCUT2D eigenvalue weighted by Crippen LogP contribution is 2.40. The van der Waals surface area contributed by atoms with Gasteiger partial charge in [-0.2, -0.15) is 0 Å². The van der Waals surface area contributed by atoms with E-state index in [-0.39, 0.29) is 46.4 Å². The average Bonchev–Trinajstić information content (AvgIpc) is 2.90. The van der Waals surface area contributed by atoms with Gasteiger partial charge in [-0.15, -0.1) is 11.8 Å². The lowest BCUT2D eigenvalue weighted by Gasteiger charge is -2.49. The normalized spacial score (nSPS) is 17.8. The van der Waals surface area contributed by atoms with Gasteiger partial charge in [0, 0.05) is 25.2 Å².